The molecule has 13 heavy (non-hydrogen) atoms. The molecule has 0 radical (unpaired) electrons. The van der Waals surface area contributed by atoms with E-state index < -0.39 is 5.97 Å². The number of carbonyl (C=O) groups is 1. The SMILES string of the molecule is C=C(C)[C@@H]1CC[C@@H](C)C[C@H]1C(=O)O. The topological polar surface area (TPSA) is 37.3 Å². The predicted molar refractivity (Wildman–Crippen MR) is 52.4 cm³/mol. The molecule has 0 saturated heterocycles. The van der Waals surface area contributed by atoms with Crippen LogP contribution in [0.25, 0.3) is 0 Å². The zero-order chi connectivity index (χ0) is 10.0. The molecule has 0 amide bonds. The molecule has 0 unspecified atom stereocenters. The summed E-state index contributed by atoms with van der Waals surface area (Å²) in [5.41, 5.74) is 1.03. The van der Waals surface area contributed by atoms with Crippen LogP contribution < -0.4 is 0 Å². The van der Waals surface area contributed by atoms with Gasteiger partial charge in [-0.25, -0.2) is 0 Å². The third-order valence-corrected chi connectivity index (χ3v) is 3.06. The summed E-state index contributed by atoms with van der Waals surface area (Å²) >= 11 is 0. The second-order valence-corrected chi connectivity index (χ2v) is 4.32. The van der Waals surface area contributed by atoms with Crippen LogP contribution in [0.5, 0.6) is 0 Å². The molecule has 0 aromatic rings. The van der Waals surface area contributed by atoms with E-state index in [-0.39, 0.29) is 11.8 Å². The molecular weight excluding hydrogens is 164 g/mol. The number of allylic oxidation sites excluding steroid dienone is 1. The molecule has 0 aromatic heterocycles. The minimum atomic E-state index is -0.653. The third kappa shape index (κ3) is 2.33. The molecule has 0 heterocycles. The Morgan fingerprint density at radius 3 is 2.46 bits per heavy atom. The lowest BCUT2D eigenvalue weighted by Crippen LogP contribution is -2.30. The summed E-state index contributed by atoms with van der Waals surface area (Å²) < 4.78 is 0. The predicted octanol–water partition coefficient (Wildman–Crippen LogP) is 2.70. The Balaban J connectivity index is 2.72. The van der Waals surface area contributed by atoms with E-state index in [0.717, 1.165) is 24.8 Å². The van der Waals surface area contributed by atoms with Crippen LogP contribution in [0.2, 0.25) is 0 Å². The highest BCUT2D eigenvalue weighted by Gasteiger charge is 2.33. The summed E-state index contributed by atoms with van der Waals surface area (Å²) in [4.78, 5) is 11.0. The highest BCUT2D eigenvalue weighted by molar-refractivity contribution is 5.71. The number of hydrogen-bond donors (Lipinski definition) is 1. The van der Waals surface area contributed by atoms with Crippen molar-refractivity contribution in [1.29, 1.82) is 0 Å². The van der Waals surface area contributed by atoms with Gasteiger partial charge < -0.3 is 5.11 Å². The van der Waals surface area contributed by atoms with Gasteiger partial charge in [0, 0.05) is 0 Å². The van der Waals surface area contributed by atoms with E-state index in [9.17, 15) is 4.79 Å². The van der Waals surface area contributed by atoms with Crippen LogP contribution in [0.4, 0.5) is 0 Å². The van der Waals surface area contributed by atoms with Crippen molar-refractivity contribution < 1.29 is 9.90 Å². The molecule has 0 aliphatic heterocycles. The van der Waals surface area contributed by atoms with Crippen LogP contribution in [0.3, 0.4) is 0 Å². The average Bonchev–Trinajstić information content (AvgIpc) is 2.03. The summed E-state index contributed by atoms with van der Waals surface area (Å²) in [6, 6.07) is 0. The van der Waals surface area contributed by atoms with Crippen LogP contribution >= 0.6 is 0 Å². The van der Waals surface area contributed by atoms with Crippen molar-refractivity contribution in [2.75, 3.05) is 0 Å². The van der Waals surface area contributed by atoms with Gasteiger partial charge in [-0.15, -0.1) is 0 Å². The molecule has 3 atom stereocenters. The number of aliphatic carboxylic acids is 1. The second-order valence-electron chi connectivity index (χ2n) is 4.32. The molecule has 2 nitrogen and oxygen atoms in total. The highest BCUT2D eigenvalue weighted by atomic mass is 16.4. The molecule has 1 N–H and O–H groups in total. The summed E-state index contributed by atoms with van der Waals surface area (Å²) in [5, 5.41) is 9.03. The Labute approximate surface area is 79.6 Å². The first-order chi connectivity index (χ1) is 6.02. The van der Waals surface area contributed by atoms with Crippen LogP contribution in [0.1, 0.15) is 33.1 Å². The lowest BCUT2D eigenvalue weighted by atomic mass is 9.72. The monoisotopic (exact) mass is 182 g/mol. The molecule has 1 fully saturated rings. The van der Waals surface area contributed by atoms with Crippen molar-refractivity contribution in [2.45, 2.75) is 33.1 Å². The first-order valence-electron chi connectivity index (χ1n) is 4.90. The molecule has 0 aromatic carbocycles. The maximum atomic E-state index is 11.0. The molecular formula is C11H18O2. The molecule has 0 bridgehead atoms. The van der Waals surface area contributed by atoms with Crippen molar-refractivity contribution in [3.05, 3.63) is 12.2 Å². The van der Waals surface area contributed by atoms with E-state index >= 15 is 0 Å². The van der Waals surface area contributed by atoms with Crippen molar-refractivity contribution in [1.82, 2.24) is 0 Å². The fourth-order valence-electron chi connectivity index (χ4n) is 2.24. The summed E-state index contributed by atoms with van der Waals surface area (Å²) in [5.74, 6) is -0.0915. The van der Waals surface area contributed by atoms with Gasteiger partial charge in [-0.05, 0) is 31.6 Å². The molecule has 1 saturated carbocycles. The van der Waals surface area contributed by atoms with Gasteiger partial charge in [0.05, 0.1) is 5.92 Å². The summed E-state index contributed by atoms with van der Waals surface area (Å²) in [6.07, 6.45) is 2.95. The maximum absolute atomic E-state index is 11.0. The molecule has 0 spiro atoms. The van der Waals surface area contributed by atoms with Crippen LogP contribution in [0, 0.1) is 17.8 Å². The van der Waals surface area contributed by atoms with E-state index in [1.807, 2.05) is 6.92 Å². The molecule has 1 rings (SSSR count). The summed E-state index contributed by atoms with van der Waals surface area (Å²) in [7, 11) is 0. The normalized spacial score (nSPS) is 34.2. The van der Waals surface area contributed by atoms with E-state index in [1.54, 1.807) is 0 Å². The van der Waals surface area contributed by atoms with Gasteiger partial charge in [0.25, 0.3) is 0 Å². The van der Waals surface area contributed by atoms with Gasteiger partial charge in [-0.2, -0.15) is 0 Å². The van der Waals surface area contributed by atoms with Crippen LogP contribution in [0.15, 0.2) is 12.2 Å². The van der Waals surface area contributed by atoms with E-state index in [2.05, 4.69) is 13.5 Å². The Bertz CT molecular complexity index is 220. The Morgan fingerprint density at radius 1 is 1.38 bits per heavy atom. The third-order valence-electron chi connectivity index (χ3n) is 3.06. The number of rotatable bonds is 2. The van der Waals surface area contributed by atoms with Gasteiger partial charge >= 0.3 is 5.97 Å². The highest BCUT2D eigenvalue weighted by Crippen LogP contribution is 2.37. The molecule has 74 valence electrons. The van der Waals surface area contributed by atoms with Crippen LogP contribution in [-0.2, 0) is 4.79 Å². The Kier molecular flexibility index (Phi) is 3.12. The Hall–Kier alpha value is -0.790. The van der Waals surface area contributed by atoms with Crippen molar-refractivity contribution in [3.63, 3.8) is 0 Å². The van der Waals surface area contributed by atoms with Gasteiger partial charge in [0.2, 0.25) is 0 Å². The van der Waals surface area contributed by atoms with Crippen molar-refractivity contribution >= 4 is 5.97 Å². The maximum Gasteiger partial charge on any atom is 0.307 e. The van der Waals surface area contributed by atoms with Crippen molar-refractivity contribution in [2.24, 2.45) is 17.8 Å². The first kappa shape index (κ1) is 10.3. The molecule has 1 aliphatic rings. The van der Waals surface area contributed by atoms with E-state index in [1.165, 1.54) is 0 Å². The quantitative estimate of drug-likeness (QED) is 0.667. The number of carboxylic acids is 1. The van der Waals surface area contributed by atoms with Gasteiger partial charge in [-0.1, -0.05) is 25.5 Å². The molecule has 2 heteroatoms. The fourth-order valence-corrected chi connectivity index (χ4v) is 2.24. The smallest absolute Gasteiger partial charge is 0.307 e. The lowest BCUT2D eigenvalue weighted by molar-refractivity contribution is -0.144. The fraction of sp³-hybridized carbons (Fsp3) is 0.727. The minimum Gasteiger partial charge on any atom is -0.481 e. The van der Waals surface area contributed by atoms with Gasteiger partial charge in [0.1, 0.15) is 0 Å². The zero-order valence-electron chi connectivity index (χ0n) is 8.42. The number of hydrogen-bond acceptors (Lipinski definition) is 1. The van der Waals surface area contributed by atoms with Crippen molar-refractivity contribution in [3.8, 4) is 0 Å². The zero-order valence-corrected chi connectivity index (χ0v) is 8.42. The first-order valence-corrected chi connectivity index (χ1v) is 4.90. The number of carboxylic acid groups (broad SMARTS) is 1. The standard InChI is InChI=1S/C11H18O2/c1-7(2)9-5-4-8(3)6-10(9)11(12)13/h8-10H,1,4-6H2,2-3H3,(H,12,13)/t8-,9+,10-/m1/s1. The lowest BCUT2D eigenvalue weighted by Gasteiger charge is -2.32. The molecule has 1 aliphatic carbocycles. The van der Waals surface area contributed by atoms with E-state index in [0.29, 0.717) is 5.92 Å². The van der Waals surface area contributed by atoms with Gasteiger partial charge in [-0.3, -0.25) is 4.79 Å². The average molecular weight is 182 g/mol. The van der Waals surface area contributed by atoms with Gasteiger partial charge in [0.15, 0.2) is 0 Å². The largest absolute Gasteiger partial charge is 0.481 e. The Morgan fingerprint density at radius 2 is 2.00 bits per heavy atom. The van der Waals surface area contributed by atoms with Crippen LogP contribution in [-0.4, -0.2) is 11.1 Å². The van der Waals surface area contributed by atoms with E-state index in [4.69, 9.17) is 5.11 Å². The summed E-state index contributed by atoms with van der Waals surface area (Å²) in [6.45, 7) is 7.94. The minimum absolute atomic E-state index is 0.193. The second kappa shape index (κ2) is 3.95.